The van der Waals surface area contributed by atoms with E-state index >= 15 is 0 Å². The number of carbonyl (C=O) groups is 1. The molecule has 0 saturated heterocycles. The van der Waals surface area contributed by atoms with Crippen molar-refractivity contribution >= 4 is 17.3 Å². The van der Waals surface area contributed by atoms with Crippen LogP contribution in [-0.2, 0) is 12.6 Å². The van der Waals surface area contributed by atoms with Crippen LogP contribution in [0, 0.1) is 0 Å². The molecule has 0 unspecified atom stereocenters. The zero-order valence-corrected chi connectivity index (χ0v) is 9.76. The molecule has 0 atom stereocenters. The highest BCUT2D eigenvalue weighted by atomic mass is 32.1. The van der Waals surface area contributed by atoms with Crippen LogP contribution in [0.25, 0.3) is 0 Å². The topological polar surface area (TPSA) is 42.9 Å². The Bertz CT molecular complexity index is 534. The molecule has 2 aromatic rings. The monoisotopic (exact) mass is 272 g/mol. The molecule has 0 saturated carbocycles. The number of alkyl halides is 3. The fraction of sp³-hybridized carbons (Fsp3) is 0.182. The molecular formula is C11H7F3N2OS. The number of nitrogens with zero attached hydrogens (tertiary/aromatic N) is 2. The van der Waals surface area contributed by atoms with Gasteiger partial charge in [0.1, 0.15) is 4.88 Å². The summed E-state index contributed by atoms with van der Waals surface area (Å²) in [5.41, 5.74) is -0.195. The van der Waals surface area contributed by atoms with Gasteiger partial charge in [-0.2, -0.15) is 13.2 Å². The quantitative estimate of drug-likeness (QED) is 0.807. The summed E-state index contributed by atoms with van der Waals surface area (Å²) in [4.78, 5) is 12.1. The Hall–Kier alpha value is -1.76. The molecule has 0 amide bonds. The second-order valence-electron chi connectivity index (χ2n) is 3.58. The number of aromatic nitrogens is 2. The maximum Gasteiger partial charge on any atom is 0.416 e. The van der Waals surface area contributed by atoms with E-state index in [0.717, 1.165) is 23.7 Å². The van der Waals surface area contributed by atoms with Gasteiger partial charge in [-0.1, -0.05) is 16.6 Å². The summed E-state index contributed by atoms with van der Waals surface area (Å²) in [6.45, 7) is 0. The third-order valence-electron chi connectivity index (χ3n) is 2.28. The lowest BCUT2D eigenvalue weighted by Crippen LogP contribution is -2.06. The molecule has 1 aromatic heterocycles. The van der Waals surface area contributed by atoms with Gasteiger partial charge in [0.05, 0.1) is 11.8 Å². The van der Waals surface area contributed by atoms with Crippen molar-refractivity contribution in [2.45, 2.75) is 12.6 Å². The van der Waals surface area contributed by atoms with Crippen LogP contribution in [0.4, 0.5) is 13.2 Å². The summed E-state index contributed by atoms with van der Waals surface area (Å²) < 4.78 is 40.5. The van der Waals surface area contributed by atoms with E-state index in [1.807, 2.05) is 0 Å². The molecule has 0 spiro atoms. The fourth-order valence-electron chi connectivity index (χ4n) is 1.37. The Labute approximate surface area is 104 Å². The minimum Gasteiger partial charge on any atom is -0.293 e. The number of carbonyl (C=O) groups excluding carboxylic acids is 1. The van der Waals surface area contributed by atoms with E-state index < -0.39 is 11.7 Å². The first-order valence-corrected chi connectivity index (χ1v) is 5.71. The predicted octanol–water partition coefficient (Wildman–Crippen LogP) is 2.98. The number of Topliss-reactive ketones (excluding diaryl/α,β-unsaturated/α-hetero) is 1. The Morgan fingerprint density at radius 2 is 1.89 bits per heavy atom. The van der Waals surface area contributed by atoms with Crippen LogP contribution in [0.5, 0.6) is 0 Å². The number of rotatable bonds is 3. The number of halogens is 3. The van der Waals surface area contributed by atoms with Crippen LogP contribution in [0.2, 0.25) is 0 Å². The van der Waals surface area contributed by atoms with Gasteiger partial charge in [0.25, 0.3) is 0 Å². The summed E-state index contributed by atoms with van der Waals surface area (Å²) in [7, 11) is 0. The van der Waals surface area contributed by atoms with Crippen LogP contribution < -0.4 is 0 Å². The van der Waals surface area contributed by atoms with E-state index in [0.29, 0.717) is 10.4 Å². The zero-order valence-electron chi connectivity index (χ0n) is 8.94. The Kier molecular flexibility index (Phi) is 3.42. The van der Waals surface area contributed by atoms with E-state index in [4.69, 9.17) is 0 Å². The van der Waals surface area contributed by atoms with Crippen LogP contribution in [0.1, 0.15) is 20.8 Å². The molecule has 0 N–H and O–H groups in total. The van der Waals surface area contributed by atoms with Gasteiger partial charge in [-0.3, -0.25) is 4.79 Å². The molecule has 1 aromatic carbocycles. The molecule has 94 valence electrons. The summed E-state index contributed by atoms with van der Waals surface area (Å²) >= 11 is 0.967. The van der Waals surface area contributed by atoms with Crippen LogP contribution in [-0.4, -0.2) is 15.4 Å². The van der Waals surface area contributed by atoms with Gasteiger partial charge in [0.15, 0.2) is 5.78 Å². The summed E-state index contributed by atoms with van der Waals surface area (Å²) in [5, 5.41) is 3.53. The fourth-order valence-corrected chi connectivity index (χ4v) is 1.82. The van der Waals surface area contributed by atoms with E-state index in [1.54, 1.807) is 0 Å². The van der Waals surface area contributed by atoms with E-state index in [1.165, 1.54) is 18.3 Å². The molecule has 0 radical (unpaired) electrons. The van der Waals surface area contributed by atoms with Crippen LogP contribution >= 0.6 is 11.5 Å². The molecule has 0 bridgehead atoms. The third-order valence-corrected chi connectivity index (χ3v) is 2.99. The largest absolute Gasteiger partial charge is 0.416 e. The third kappa shape index (κ3) is 2.92. The molecular weight excluding hydrogens is 265 g/mol. The average molecular weight is 272 g/mol. The van der Waals surface area contributed by atoms with Gasteiger partial charge < -0.3 is 0 Å². The van der Waals surface area contributed by atoms with Gasteiger partial charge >= 0.3 is 6.18 Å². The molecule has 7 heteroatoms. The molecule has 18 heavy (non-hydrogen) atoms. The molecule has 3 nitrogen and oxygen atoms in total. The number of ketones is 1. The Morgan fingerprint density at radius 3 is 2.39 bits per heavy atom. The van der Waals surface area contributed by atoms with Crippen molar-refractivity contribution in [3.63, 3.8) is 0 Å². The van der Waals surface area contributed by atoms with Crippen molar-refractivity contribution in [3.05, 3.63) is 46.5 Å². The number of benzene rings is 1. The normalized spacial score (nSPS) is 11.5. The molecule has 1 heterocycles. The second kappa shape index (κ2) is 4.85. The zero-order chi connectivity index (χ0) is 13.2. The maximum atomic E-state index is 12.3. The van der Waals surface area contributed by atoms with Crippen molar-refractivity contribution in [1.29, 1.82) is 0 Å². The Morgan fingerprint density at radius 1 is 1.22 bits per heavy atom. The smallest absolute Gasteiger partial charge is 0.293 e. The van der Waals surface area contributed by atoms with Crippen LogP contribution in [0.3, 0.4) is 0 Å². The molecule has 2 rings (SSSR count). The lowest BCUT2D eigenvalue weighted by Gasteiger charge is -2.06. The highest BCUT2D eigenvalue weighted by Gasteiger charge is 2.29. The number of hydrogen-bond donors (Lipinski definition) is 0. The van der Waals surface area contributed by atoms with Crippen LogP contribution in [0.15, 0.2) is 30.5 Å². The lowest BCUT2D eigenvalue weighted by molar-refractivity contribution is -0.137. The number of hydrogen-bond acceptors (Lipinski definition) is 4. The summed E-state index contributed by atoms with van der Waals surface area (Å²) in [6, 6.07) is 4.53. The molecule has 0 aliphatic carbocycles. The second-order valence-corrected chi connectivity index (χ2v) is 4.36. The van der Waals surface area contributed by atoms with Crippen molar-refractivity contribution in [2.24, 2.45) is 0 Å². The van der Waals surface area contributed by atoms with Gasteiger partial charge in [-0.15, -0.1) is 5.10 Å². The SMILES string of the molecule is O=C(Cc1ccc(C(F)(F)F)cc1)c1cnns1. The summed E-state index contributed by atoms with van der Waals surface area (Å²) in [5.74, 6) is -0.204. The van der Waals surface area contributed by atoms with Crippen molar-refractivity contribution in [1.82, 2.24) is 9.59 Å². The first-order chi connectivity index (χ1) is 8.47. The van der Waals surface area contributed by atoms with Crippen molar-refractivity contribution in [3.8, 4) is 0 Å². The van der Waals surface area contributed by atoms with E-state index in [9.17, 15) is 18.0 Å². The maximum absolute atomic E-state index is 12.3. The van der Waals surface area contributed by atoms with Gasteiger partial charge in [-0.05, 0) is 29.2 Å². The van der Waals surface area contributed by atoms with Crippen molar-refractivity contribution < 1.29 is 18.0 Å². The van der Waals surface area contributed by atoms with Gasteiger partial charge in [0.2, 0.25) is 0 Å². The highest BCUT2D eigenvalue weighted by Crippen LogP contribution is 2.29. The summed E-state index contributed by atoms with van der Waals surface area (Å²) in [6.07, 6.45) is -2.97. The minimum atomic E-state index is -4.36. The molecule has 0 fully saturated rings. The Balaban J connectivity index is 2.09. The van der Waals surface area contributed by atoms with E-state index in [-0.39, 0.29) is 12.2 Å². The van der Waals surface area contributed by atoms with Gasteiger partial charge in [0, 0.05) is 6.42 Å². The lowest BCUT2D eigenvalue weighted by atomic mass is 10.1. The van der Waals surface area contributed by atoms with Crippen molar-refractivity contribution in [2.75, 3.05) is 0 Å². The minimum absolute atomic E-state index is 0.0437. The van der Waals surface area contributed by atoms with Gasteiger partial charge in [-0.25, -0.2) is 0 Å². The highest BCUT2D eigenvalue weighted by molar-refractivity contribution is 7.07. The standard InChI is InChI=1S/C11H7F3N2OS/c12-11(13,14)8-3-1-7(2-4-8)5-9(17)10-6-15-16-18-10/h1-4,6H,5H2. The molecule has 0 aliphatic rings. The predicted molar refractivity (Wildman–Crippen MR) is 59.4 cm³/mol. The first-order valence-electron chi connectivity index (χ1n) is 4.93. The average Bonchev–Trinajstić information content (AvgIpc) is 2.82. The molecule has 0 aliphatic heterocycles. The first kappa shape index (κ1) is 12.7. The van der Waals surface area contributed by atoms with E-state index in [2.05, 4.69) is 9.59 Å².